The third kappa shape index (κ3) is 7.45. The van der Waals surface area contributed by atoms with Gasteiger partial charge >= 0.3 is 5.97 Å². The lowest BCUT2D eigenvalue weighted by atomic mass is 10.0. The van der Waals surface area contributed by atoms with Crippen molar-refractivity contribution in [3.05, 3.63) is 71.8 Å². The number of thiazole rings is 1. The van der Waals surface area contributed by atoms with Crippen LogP contribution in [0.3, 0.4) is 0 Å². The molecule has 0 saturated carbocycles. The average molecular weight is 448 g/mol. The molecule has 0 atom stereocenters. The van der Waals surface area contributed by atoms with Crippen LogP contribution in [-0.2, 0) is 11.2 Å². The van der Waals surface area contributed by atoms with Gasteiger partial charge in [0.05, 0.1) is 0 Å². The van der Waals surface area contributed by atoms with Crippen molar-refractivity contribution in [1.29, 1.82) is 0 Å². The van der Waals surface area contributed by atoms with E-state index in [0.717, 1.165) is 41.0 Å². The van der Waals surface area contributed by atoms with E-state index >= 15 is 0 Å². The summed E-state index contributed by atoms with van der Waals surface area (Å²) in [5, 5.41) is 1.08. The molecule has 0 aliphatic rings. The summed E-state index contributed by atoms with van der Waals surface area (Å²) in [6, 6.07) is 16.1. The van der Waals surface area contributed by atoms with Gasteiger partial charge in [0, 0.05) is 22.7 Å². The molecule has 3 rings (SSSR count). The summed E-state index contributed by atoms with van der Waals surface area (Å²) in [5.74, 6) is 0.239. The van der Waals surface area contributed by atoms with Crippen LogP contribution in [0.5, 0.6) is 5.75 Å². The number of benzene rings is 2. The maximum absolute atomic E-state index is 11.9. The highest BCUT2D eigenvalue weighted by atomic mass is 32.1. The first kappa shape index (κ1) is 23.9. The van der Waals surface area contributed by atoms with Crippen LogP contribution in [0.2, 0.25) is 0 Å². The standard InChI is InChI=1S/C28H33NO2S/c1-3-5-7-8-10-12-27(30)31-25-19-17-23(18-20-25)22-13-15-24(16-14-22)28-29-21-26(32-28)11-9-6-4-2/h10,12-21H,3-9,11H2,1-2H3/b12-10+. The number of rotatable bonds is 12. The van der Waals surface area contributed by atoms with Gasteiger partial charge in [-0.2, -0.15) is 0 Å². The number of allylic oxidation sites excluding steroid dienone is 1. The Bertz CT molecular complexity index is 987. The Hall–Kier alpha value is -2.72. The first-order valence-corrected chi connectivity index (χ1v) is 12.5. The zero-order valence-electron chi connectivity index (χ0n) is 19.2. The summed E-state index contributed by atoms with van der Waals surface area (Å²) in [6.45, 7) is 4.40. The van der Waals surface area contributed by atoms with E-state index in [0.29, 0.717) is 5.75 Å². The van der Waals surface area contributed by atoms with Gasteiger partial charge in [0.25, 0.3) is 0 Å². The summed E-state index contributed by atoms with van der Waals surface area (Å²) in [6.07, 6.45) is 14.7. The topological polar surface area (TPSA) is 39.2 Å². The van der Waals surface area contributed by atoms with Crippen LogP contribution in [0.15, 0.2) is 66.9 Å². The molecule has 0 radical (unpaired) electrons. The quantitative estimate of drug-likeness (QED) is 0.121. The number of carbonyl (C=O) groups excluding carboxylic acids is 1. The van der Waals surface area contributed by atoms with Crippen molar-refractivity contribution in [3.63, 3.8) is 0 Å². The Morgan fingerprint density at radius 3 is 2.19 bits per heavy atom. The Balaban J connectivity index is 1.55. The van der Waals surface area contributed by atoms with Gasteiger partial charge < -0.3 is 4.74 Å². The molecular weight excluding hydrogens is 414 g/mol. The summed E-state index contributed by atoms with van der Waals surface area (Å²) in [4.78, 5) is 17.9. The number of aromatic nitrogens is 1. The van der Waals surface area contributed by atoms with E-state index in [1.54, 1.807) is 11.3 Å². The molecule has 1 aromatic heterocycles. The predicted octanol–water partition coefficient (Wildman–Crippen LogP) is 8.25. The summed E-state index contributed by atoms with van der Waals surface area (Å²) < 4.78 is 5.39. The van der Waals surface area contributed by atoms with Crippen LogP contribution < -0.4 is 4.74 Å². The van der Waals surface area contributed by atoms with Gasteiger partial charge in [-0.1, -0.05) is 82.0 Å². The molecule has 0 saturated heterocycles. The number of hydrogen-bond donors (Lipinski definition) is 0. The minimum Gasteiger partial charge on any atom is -0.423 e. The molecule has 0 aliphatic heterocycles. The molecule has 0 spiro atoms. The van der Waals surface area contributed by atoms with Crippen LogP contribution in [-0.4, -0.2) is 11.0 Å². The average Bonchev–Trinajstić information content (AvgIpc) is 3.29. The second-order valence-electron chi connectivity index (χ2n) is 8.01. The van der Waals surface area contributed by atoms with E-state index in [1.165, 1.54) is 43.1 Å². The maximum atomic E-state index is 11.9. The number of ether oxygens (including phenoxy) is 1. The van der Waals surface area contributed by atoms with E-state index in [-0.39, 0.29) is 5.97 Å². The Morgan fingerprint density at radius 1 is 0.875 bits per heavy atom. The lowest BCUT2D eigenvalue weighted by Crippen LogP contribution is -2.03. The zero-order chi connectivity index (χ0) is 22.6. The number of unbranched alkanes of at least 4 members (excludes halogenated alkanes) is 5. The van der Waals surface area contributed by atoms with Gasteiger partial charge in [-0.25, -0.2) is 9.78 Å². The first-order chi connectivity index (χ1) is 15.7. The number of carbonyl (C=O) groups is 1. The van der Waals surface area contributed by atoms with Gasteiger partial charge in [-0.15, -0.1) is 11.3 Å². The molecule has 1 heterocycles. The second-order valence-corrected chi connectivity index (χ2v) is 9.13. The third-order valence-corrected chi connectivity index (χ3v) is 6.45. The minimum absolute atomic E-state index is 0.323. The molecule has 32 heavy (non-hydrogen) atoms. The number of esters is 1. The largest absolute Gasteiger partial charge is 0.423 e. The lowest BCUT2D eigenvalue weighted by molar-refractivity contribution is -0.129. The van der Waals surface area contributed by atoms with Gasteiger partial charge in [-0.05, 0) is 48.9 Å². The fraction of sp³-hybridized carbons (Fsp3) is 0.357. The molecule has 2 aromatic carbocycles. The Kier molecular flexibility index (Phi) is 9.70. The second kappa shape index (κ2) is 13.0. The molecular formula is C28H33NO2S. The van der Waals surface area contributed by atoms with Crippen molar-refractivity contribution >= 4 is 17.3 Å². The van der Waals surface area contributed by atoms with Gasteiger partial charge in [0.2, 0.25) is 0 Å². The molecule has 3 aromatic rings. The summed E-state index contributed by atoms with van der Waals surface area (Å²) in [7, 11) is 0. The third-order valence-electron chi connectivity index (χ3n) is 5.35. The van der Waals surface area contributed by atoms with Crippen molar-refractivity contribution in [2.24, 2.45) is 0 Å². The van der Waals surface area contributed by atoms with Crippen LogP contribution in [0, 0.1) is 0 Å². The van der Waals surface area contributed by atoms with E-state index in [4.69, 9.17) is 4.74 Å². The highest BCUT2D eigenvalue weighted by molar-refractivity contribution is 7.15. The van der Waals surface area contributed by atoms with Crippen molar-refractivity contribution in [2.75, 3.05) is 0 Å². The van der Waals surface area contributed by atoms with Crippen molar-refractivity contribution in [3.8, 4) is 27.4 Å². The number of hydrogen-bond acceptors (Lipinski definition) is 4. The Labute approximate surface area is 196 Å². The van der Waals surface area contributed by atoms with E-state index in [1.807, 2.05) is 36.5 Å². The first-order valence-electron chi connectivity index (χ1n) is 11.7. The smallest absolute Gasteiger partial charge is 0.335 e. The highest BCUT2D eigenvalue weighted by Crippen LogP contribution is 2.29. The maximum Gasteiger partial charge on any atom is 0.335 e. The highest BCUT2D eigenvalue weighted by Gasteiger charge is 2.07. The molecule has 0 amide bonds. The van der Waals surface area contributed by atoms with E-state index < -0.39 is 0 Å². The van der Waals surface area contributed by atoms with E-state index in [9.17, 15) is 4.79 Å². The molecule has 0 unspecified atom stereocenters. The van der Waals surface area contributed by atoms with Crippen LogP contribution in [0.4, 0.5) is 0 Å². The molecule has 168 valence electrons. The Morgan fingerprint density at radius 2 is 1.50 bits per heavy atom. The van der Waals surface area contributed by atoms with Gasteiger partial charge in [0.15, 0.2) is 0 Å². The molecule has 0 bridgehead atoms. The molecule has 0 fully saturated rings. The zero-order valence-corrected chi connectivity index (χ0v) is 20.0. The monoisotopic (exact) mass is 447 g/mol. The summed E-state index contributed by atoms with van der Waals surface area (Å²) in [5.41, 5.74) is 3.37. The fourth-order valence-corrected chi connectivity index (χ4v) is 4.43. The SMILES string of the molecule is CCCCC/C=C/C(=O)Oc1ccc(-c2ccc(-c3ncc(CCCCC)s3)cc2)cc1. The van der Waals surface area contributed by atoms with Crippen LogP contribution >= 0.6 is 11.3 Å². The van der Waals surface area contributed by atoms with Crippen molar-refractivity contribution < 1.29 is 9.53 Å². The molecule has 4 heteroatoms. The van der Waals surface area contributed by atoms with Crippen LogP contribution in [0.25, 0.3) is 21.7 Å². The summed E-state index contributed by atoms with van der Waals surface area (Å²) >= 11 is 1.79. The normalized spacial score (nSPS) is 11.2. The molecule has 0 aliphatic carbocycles. The number of aryl methyl sites for hydroxylation is 1. The fourth-order valence-electron chi connectivity index (χ4n) is 3.47. The molecule has 0 N–H and O–H groups in total. The van der Waals surface area contributed by atoms with Crippen LogP contribution in [0.1, 0.15) is 63.7 Å². The molecule has 3 nitrogen and oxygen atoms in total. The number of nitrogens with zero attached hydrogens (tertiary/aromatic N) is 1. The van der Waals surface area contributed by atoms with Gasteiger partial charge in [-0.3, -0.25) is 0 Å². The van der Waals surface area contributed by atoms with E-state index in [2.05, 4.69) is 43.1 Å². The van der Waals surface area contributed by atoms with Crippen molar-refractivity contribution in [2.45, 2.75) is 65.2 Å². The lowest BCUT2D eigenvalue weighted by Gasteiger charge is -2.05. The predicted molar refractivity (Wildman–Crippen MR) is 135 cm³/mol. The minimum atomic E-state index is -0.323. The van der Waals surface area contributed by atoms with Gasteiger partial charge in [0.1, 0.15) is 10.8 Å². The van der Waals surface area contributed by atoms with Crippen molar-refractivity contribution in [1.82, 2.24) is 4.98 Å².